The van der Waals surface area contributed by atoms with Crippen LogP contribution in [0.25, 0.3) is 0 Å². The molecule has 0 saturated carbocycles. The lowest BCUT2D eigenvalue weighted by molar-refractivity contribution is -0.140. The van der Waals surface area contributed by atoms with E-state index in [4.69, 9.17) is 0 Å². The minimum Gasteiger partial charge on any atom is -0.468 e. The van der Waals surface area contributed by atoms with E-state index >= 15 is 0 Å². The smallest absolute Gasteiger partial charge is 0.319 e. The Kier molecular flexibility index (Phi) is 2.54. The monoisotopic (exact) mass is 174 g/mol. The average Bonchev–Trinajstić information content (AvgIpc) is 2.31. The Bertz CT molecular complexity index is 190. The second-order valence-electron chi connectivity index (χ2n) is 2.46. The van der Waals surface area contributed by atoms with E-state index in [1.807, 2.05) is 6.92 Å². The summed E-state index contributed by atoms with van der Waals surface area (Å²) in [6.07, 6.45) is 0.332. The Balaban J connectivity index is 2.53. The zero-order valence-corrected chi connectivity index (χ0v) is 7.31. The van der Waals surface area contributed by atoms with Crippen LogP contribution in [0.15, 0.2) is 0 Å². The van der Waals surface area contributed by atoms with Crippen molar-refractivity contribution in [2.24, 2.45) is 0 Å². The van der Waals surface area contributed by atoms with Crippen LogP contribution >= 0.6 is 11.8 Å². The molecule has 11 heavy (non-hydrogen) atoms. The Hall–Kier alpha value is -0.510. The number of ketones is 1. The van der Waals surface area contributed by atoms with Crippen LogP contribution in [0.5, 0.6) is 0 Å². The first kappa shape index (κ1) is 8.59. The van der Waals surface area contributed by atoms with E-state index in [0.29, 0.717) is 6.42 Å². The maximum Gasteiger partial charge on any atom is 0.319 e. The van der Waals surface area contributed by atoms with Crippen LogP contribution in [0.4, 0.5) is 0 Å². The zero-order chi connectivity index (χ0) is 8.43. The van der Waals surface area contributed by atoms with Crippen molar-refractivity contribution in [3.8, 4) is 0 Å². The van der Waals surface area contributed by atoms with Gasteiger partial charge in [-0.2, -0.15) is 0 Å². The summed E-state index contributed by atoms with van der Waals surface area (Å²) in [6, 6.07) is 0. The molecule has 1 fully saturated rings. The van der Waals surface area contributed by atoms with Gasteiger partial charge in [-0.1, -0.05) is 0 Å². The topological polar surface area (TPSA) is 43.4 Å². The molecule has 0 aromatic carbocycles. The summed E-state index contributed by atoms with van der Waals surface area (Å²) in [7, 11) is 1.34. The predicted molar refractivity (Wildman–Crippen MR) is 42.5 cm³/mol. The molecule has 2 unspecified atom stereocenters. The maximum atomic E-state index is 11.0. The number of carbonyl (C=O) groups is 2. The highest BCUT2D eigenvalue weighted by molar-refractivity contribution is 8.02. The van der Waals surface area contributed by atoms with E-state index in [9.17, 15) is 9.59 Å². The van der Waals surface area contributed by atoms with Gasteiger partial charge >= 0.3 is 5.97 Å². The summed E-state index contributed by atoms with van der Waals surface area (Å²) in [5.41, 5.74) is 0. The zero-order valence-electron chi connectivity index (χ0n) is 6.49. The fourth-order valence-electron chi connectivity index (χ4n) is 0.989. The summed E-state index contributed by atoms with van der Waals surface area (Å²) >= 11 is 1.38. The van der Waals surface area contributed by atoms with Crippen molar-refractivity contribution in [3.63, 3.8) is 0 Å². The van der Waals surface area contributed by atoms with Crippen LogP contribution in [0.2, 0.25) is 0 Å². The van der Waals surface area contributed by atoms with Gasteiger partial charge in [0.25, 0.3) is 0 Å². The van der Waals surface area contributed by atoms with Gasteiger partial charge in [0, 0.05) is 6.42 Å². The van der Waals surface area contributed by atoms with Gasteiger partial charge in [-0.3, -0.25) is 9.59 Å². The molecule has 3 nitrogen and oxygen atoms in total. The molecule has 0 aliphatic carbocycles. The summed E-state index contributed by atoms with van der Waals surface area (Å²) in [6.45, 7) is 1.82. The quantitative estimate of drug-likeness (QED) is 0.547. The van der Waals surface area contributed by atoms with Crippen LogP contribution in [0.3, 0.4) is 0 Å². The number of hydrogen-bond donors (Lipinski definition) is 0. The van der Waals surface area contributed by atoms with E-state index in [0.717, 1.165) is 0 Å². The van der Waals surface area contributed by atoms with Crippen molar-refractivity contribution >= 4 is 23.5 Å². The molecule has 1 rings (SSSR count). The van der Waals surface area contributed by atoms with Crippen molar-refractivity contribution in [1.82, 2.24) is 0 Å². The lowest BCUT2D eigenvalue weighted by Gasteiger charge is -2.03. The number of rotatable bonds is 1. The third-order valence-corrected chi connectivity index (χ3v) is 3.03. The molecule has 0 amide bonds. The van der Waals surface area contributed by atoms with Gasteiger partial charge in [0.15, 0.2) is 0 Å². The maximum absolute atomic E-state index is 11.0. The fourth-order valence-corrected chi connectivity index (χ4v) is 2.20. The molecule has 0 N–H and O–H groups in total. The molecule has 1 saturated heterocycles. The Morgan fingerprint density at radius 2 is 2.36 bits per heavy atom. The van der Waals surface area contributed by atoms with Crippen LogP contribution in [0.1, 0.15) is 13.3 Å². The number of methoxy groups -OCH3 is 1. The van der Waals surface area contributed by atoms with Crippen molar-refractivity contribution in [1.29, 1.82) is 0 Å². The first-order valence-electron chi connectivity index (χ1n) is 3.41. The molecule has 1 aliphatic heterocycles. The number of thioether (sulfide) groups is 1. The molecule has 0 bridgehead atoms. The molecule has 4 heteroatoms. The molecule has 2 atom stereocenters. The lowest BCUT2D eigenvalue weighted by atomic mass is 10.2. The first-order chi connectivity index (χ1) is 5.15. The van der Waals surface area contributed by atoms with Gasteiger partial charge in [-0.15, -0.1) is 11.8 Å². The summed E-state index contributed by atoms with van der Waals surface area (Å²) in [5, 5.41) is -0.304. The molecule has 0 spiro atoms. The average molecular weight is 174 g/mol. The van der Waals surface area contributed by atoms with Crippen LogP contribution < -0.4 is 0 Å². The van der Waals surface area contributed by atoms with Crippen LogP contribution in [0, 0.1) is 0 Å². The van der Waals surface area contributed by atoms with Gasteiger partial charge in [-0.05, 0) is 6.92 Å². The molecular weight excluding hydrogens is 164 g/mol. The summed E-state index contributed by atoms with van der Waals surface area (Å²) in [4.78, 5) is 21.9. The number of hydrogen-bond acceptors (Lipinski definition) is 4. The summed E-state index contributed by atoms with van der Waals surface area (Å²) < 4.78 is 4.52. The van der Waals surface area contributed by atoms with E-state index in [1.165, 1.54) is 18.9 Å². The first-order valence-corrected chi connectivity index (χ1v) is 4.35. The van der Waals surface area contributed by atoms with E-state index in [2.05, 4.69) is 4.74 Å². The highest BCUT2D eigenvalue weighted by Gasteiger charge is 2.35. The van der Waals surface area contributed by atoms with Gasteiger partial charge in [0.2, 0.25) is 0 Å². The van der Waals surface area contributed by atoms with Gasteiger partial charge < -0.3 is 4.74 Å². The summed E-state index contributed by atoms with van der Waals surface area (Å²) in [5.74, 6) is -0.141. The van der Waals surface area contributed by atoms with Crippen molar-refractivity contribution in [2.45, 2.75) is 23.8 Å². The second-order valence-corrected chi connectivity index (χ2v) is 4.01. The van der Waals surface area contributed by atoms with Crippen molar-refractivity contribution < 1.29 is 14.3 Å². The molecular formula is C7H10O3S. The molecule has 62 valence electrons. The number of Topliss-reactive ketones (excluding diaryl/α,β-unsaturated/α-hetero) is 1. The molecule has 1 heterocycles. The van der Waals surface area contributed by atoms with Crippen LogP contribution in [-0.4, -0.2) is 29.4 Å². The van der Waals surface area contributed by atoms with E-state index in [-0.39, 0.29) is 22.3 Å². The van der Waals surface area contributed by atoms with E-state index in [1.54, 1.807) is 0 Å². The minimum atomic E-state index is -0.285. The third-order valence-electron chi connectivity index (χ3n) is 1.67. The number of carbonyl (C=O) groups excluding carboxylic acids is 2. The number of esters is 1. The highest BCUT2D eigenvalue weighted by Crippen LogP contribution is 2.30. The van der Waals surface area contributed by atoms with E-state index < -0.39 is 0 Å². The van der Waals surface area contributed by atoms with Crippen LogP contribution in [-0.2, 0) is 14.3 Å². The molecule has 0 aromatic rings. The highest BCUT2D eigenvalue weighted by atomic mass is 32.2. The van der Waals surface area contributed by atoms with Crippen molar-refractivity contribution in [3.05, 3.63) is 0 Å². The van der Waals surface area contributed by atoms with Gasteiger partial charge in [0.1, 0.15) is 11.0 Å². The Morgan fingerprint density at radius 1 is 1.73 bits per heavy atom. The molecule has 0 radical (unpaired) electrons. The number of ether oxygens (including phenoxy) is 1. The lowest BCUT2D eigenvalue weighted by Crippen LogP contribution is -2.16. The fraction of sp³-hybridized carbons (Fsp3) is 0.714. The Labute approximate surface area is 69.5 Å². The predicted octanol–water partition coefficient (Wildman–Crippen LogP) is 0.622. The second kappa shape index (κ2) is 3.26. The van der Waals surface area contributed by atoms with Crippen molar-refractivity contribution in [2.75, 3.05) is 7.11 Å². The Morgan fingerprint density at radius 3 is 2.73 bits per heavy atom. The minimum absolute atomic E-state index is 0.0425. The standard InChI is InChI=1S/C7H10O3S/c1-4-5(8)3-6(11-4)7(9)10-2/h4,6H,3H2,1-2H3. The largest absolute Gasteiger partial charge is 0.468 e. The third kappa shape index (κ3) is 1.74. The molecule has 0 aromatic heterocycles. The SMILES string of the molecule is COC(=O)C1CC(=O)C(C)S1. The van der Waals surface area contributed by atoms with Gasteiger partial charge in [-0.25, -0.2) is 0 Å². The van der Waals surface area contributed by atoms with Gasteiger partial charge in [0.05, 0.1) is 12.4 Å². The normalized spacial score (nSPS) is 30.5. The molecule has 1 aliphatic rings.